The van der Waals surface area contributed by atoms with E-state index in [0.717, 1.165) is 11.3 Å². The van der Waals surface area contributed by atoms with E-state index in [2.05, 4.69) is 10.3 Å². The molecule has 110 valence electrons. The predicted octanol–water partition coefficient (Wildman–Crippen LogP) is 3.23. The van der Waals surface area contributed by atoms with E-state index in [1.165, 1.54) is 12.1 Å². The second kappa shape index (κ2) is 6.33. The number of amides is 1. The third-order valence-corrected chi connectivity index (χ3v) is 3.48. The first-order valence-corrected chi connectivity index (χ1v) is 7.06. The molecule has 0 atom stereocenters. The number of hydrogen-bond donors (Lipinski definition) is 2. The summed E-state index contributed by atoms with van der Waals surface area (Å²) in [7, 11) is 0. The summed E-state index contributed by atoms with van der Waals surface area (Å²) < 4.78 is 0. The molecule has 0 unspecified atom stereocenters. The third kappa shape index (κ3) is 3.86. The molecule has 1 amide bonds. The molecule has 0 saturated heterocycles. The van der Waals surface area contributed by atoms with Crippen molar-refractivity contribution in [1.29, 1.82) is 0 Å². The highest BCUT2D eigenvalue weighted by Gasteiger charge is 2.10. The van der Waals surface area contributed by atoms with E-state index in [0.29, 0.717) is 21.2 Å². The molecule has 6 heteroatoms. The van der Waals surface area contributed by atoms with Crippen LogP contribution in [0.5, 0.6) is 0 Å². The first-order chi connectivity index (χ1) is 9.86. The summed E-state index contributed by atoms with van der Waals surface area (Å²) in [5.41, 5.74) is 2.31. The summed E-state index contributed by atoms with van der Waals surface area (Å²) in [6.07, 6.45) is 0. The van der Waals surface area contributed by atoms with Crippen molar-refractivity contribution in [3.8, 4) is 0 Å². The zero-order chi connectivity index (χ0) is 15.6. The number of H-pyrrole nitrogens is 1. The number of benzene rings is 1. The van der Waals surface area contributed by atoms with Crippen molar-refractivity contribution in [2.75, 3.05) is 0 Å². The molecular formula is C15H14Cl2N2O2. The highest BCUT2D eigenvalue weighted by Crippen LogP contribution is 2.19. The Labute approximate surface area is 132 Å². The Morgan fingerprint density at radius 3 is 2.33 bits per heavy atom. The molecule has 0 aliphatic heterocycles. The van der Waals surface area contributed by atoms with Gasteiger partial charge in [-0.15, -0.1) is 0 Å². The Morgan fingerprint density at radius 1 is 1.14 bits per heavy atom. The Bertz CT molecular complexity index is 734. The molecule has 2 N–H and O–H groups in total. The van der Waals surface area contributed by atoms with Crippen molar-refractivity contribution in [2.24, 2.45) is 0 Å². The maximum Gasteiger partial charge on any atom is 0.253 e. The minimum Gasteiger partial charge on any atom is -0.348 e. The van der Waals surface area contributed by atoms with Crippen LogP contribution in [0.25, 0.3) is 0 Å². The van der Waals surface area contributed by atoms with Gasteiger partial charge in [0.1, 0.15) is 0 Å². The summed E-state index contributed by atoms with van der Waals surface area (Å²) in [6, 6.07) is 6.46. The molecule has 0 radical (unpaired) electrons. The van der Waals surface area contributed by atoms with Crippen LogP contribution in [-0.2, 0) is 6.54 Å². The number of aromatic nitrogens is 1. The lowest BCUT2D eigenvalue weighted by Gasteiger charge is -2.08. The topological polar surface area (TPSA) is 62.0 Å². The number of halogens is 2. The second-order valence-electron chi connectivity index (χ2n) is 4.78. The average Bonchev–Trinajstić information content (AvgIpc) is 2.35. The van der Waals surface area contributed by atoms with Crippen molar-refractivity contribution >= 4 is 29.1 Å². The van der Waals surface area contributed by atoms with Crippen LogP contribution >= 0.6 is 23.2 Å². The van der Waals surface area contributed by atoms with E-state index in [4.69, 9.17) is 23.2 Å². The molecule has 1 heterocycles. The van der Waals surface area contributed by atoms with Gasteiger partial charge in [-0.25, -0.2) is 0 Å². The maximum absolute atomic E-state index is 12.1. The molecular weight excluding hydrogens is 311 g/mol. The van der Waals surface area contributed by atoms with E-state index >= 15 is 0 Å². The fourth-order valence-electron chi connectivity index (χ4n) is 2.06. The Morgan fingerprint density at radius 2 is 1.76 bits per heavy atom. The molecule has 4 nitrogen and oxygen atoms in total. The Hall–Kier alpha value is -1.78. The van der Waals surface area contributed by atoms with Crippen molar-refractivity contribution in [3.05, 3.63) is 67.0 Å². The summed E-state index contributed by atoms with van der Waals surface area (Å²) in [5, 5.41) is 3.47. The Balaban J connectivity index is 2.17. The quantitative estimate of drug-likeness (QED) is 0.910. The van der Waals surface area contributed by atoms with Crippen molar-refractivity contribution < 1.29 is 4.79 Å². The van der Waals surface area contributed by atoms with Crippen molar-refractivity contribution in [2.45, 2.75) is 20.4 Å². The van der Waals surface area contributed by atoms with Crippen LogP contribution in [0.15, 0.2) is 29.1 Å². The first-order valence-electron chi connectivity index (χ1n) is 6.30. The van der Waals surface area contributed by atoms with Gasteiger partial charge in [0, 0.05) is 33.4 Å². The van der Waals surface area contributed by atoms with Gasteiger partial charge in [0.2, 0.25) is 0 Å². The molecule has 21 heavy (non-hydrogen) atoms. The number of aryl methyl sites for hydroxylation is 2. The zero-order valence-corrected chi connectivity index (χ0v) is 13.1. The predicted molar refractivity (Wildman–Crippen MR) is 84.2 cm³/mol. The molecule has 0 fully saturated rings. The fraction of sp³-hybridized carbons (Fsp3) is 0.200. The Kier molecular flexibility index (Phi) is 4.70. The number of hydrogen-bond acceptors (Lipinski definition) is 2. The standard InChI is InChI=1S/C15H14Cl2N2O2/c1-8-3-9(2)19-15(21)13(8)7-18-14(20)10-4-11(16)6-12(17)5-10/h3-6H,7H2,1-2H3,(H,18,20)(H,19,21). The summed E-state index contributed by atoms with van der Waals surface area (Å²) >= 11 is 11.7. The van der Waals surface area contributed by atoms with Gasteiger partial charge in [-0.2, -0.15) is 0 Å². The van der Waals surface area contributed by atoms with Crippen LogP contribution in [0.3, 0.4) is 0 Å². The van der Waals surface area contributed by atoms with Crippen LogP contribution in [0.2, 0.25) is 10.0 Å². The average molecular weight is 325 g/mol. The van der Waals surface area contributed by atoms with Crippen LogP contribution in [0, 0.1) is 13.8 Å². The van der Waals surface area contributed by atoms with E-state index < -0.39 is 0 Å². The van der Waals surface area contributed by atoms with Gasteiger partial charge in [-0.1, -0.05) is 23.2 Å². The van der Waals surface area contributed by atoms with Crippen molar-refractivity contribution in [3.63, 3.8) is 0 Å². The van der Waals surface area contributed by atoms with Gasteiger partial charge < -0.3 is 10.3 Å². The second-order valence-corrected chi connectivity index (χ2v) is 5.66. The van der Waals surface area contributed by atoms with Gasteiger partial charge in [-0.05, 0) is 43.7 Å². The maximum atomic E-state index is 12.1. The van der Waals surface area contributed by atoms with Gasteiger partial charge in [-0.3, -0.25) is 9.59 Å². The van der Waals surface area contributed by atoms with Gasteiger partial charge >= 0.3 is 0 Å². The molecule has 1 aromatic heterocycles. The van der Waals surface area contributed by atoms with E-state index in [1.807, 2.05) is 19.9 Å². The van der Waals surface area contributed by atoms with Crippen molar-refractivity contribution in [1.82, 2.24) is 10.3 Å². The first kappa shape index (κ1) is 15.6. The third-order valence-electron chi connectivity index (χ3n) is 3.04. The minimum absolute atomic E-state index is 0.143. The normalized spacial score (nSPS) is 10.5. The van der Waals surface area contributed by atoms with Gasteiger partial charge in [0.05, 0.1) is 0 Å². The highest BCUT2D eigenvalue weighted by molar-refractivity contribution is 6.35. The van der Waals surface area contributed by atoms with Crippen LogP contribution in [0.1, 0.15) is 27.2 Å². The van der Waals surface area contributed by atoms with E-state index in [-0.39, 0.29) is 18.0 Å². The molecule has 2 aromatic rings. The SMILES string of the molecule is Cc1cc(C)c(CNC(=O)c2cc(Cl)cc(Cl)c2)c(=O)[nH]1. The van der Waals surface area contributed by atoms with Crippen LogP contribution in [-0.4, -0.2) is 10.9 Å². The van der Waals surface area contributed by atoms with E-state index in [1.54, 1.807) is 6.07 Å². The van der Waals surface area contributed by atoms with E-state index in [9.17, 15) is 9.59 Å². The number of carbonyl (C=O) groups is 1. The van der Waals surface area contributed by atoms with Gasteiger partial charge in [0.15, 0.2) is 0 Å². The van der Waals surface area contributed by atoms with Crippen LogP contribution in [0.4, 0.5) is 0 Å². The molecule has 0 saturated carbocycles. The number of nitrogens with one attached hydrogen (secondary N) is 2. The lowest BCUT2D eigenvalue weighted by Crippen LogP contribution is -2.27. The molecule has 2 rings (SSSR count). The lowest BCUT2D eigenvalue weighted by atomic mass is 10.1. The lowest BCUT2D eigenvalue weighted by molar-refractivity contribution is 0.0950. The summed E-state index contributed by atoms with van der Waals surface area (Å²) in [4.78, 5) is 26.7. The minimum atomic E-state index is -0.334. The monoisotopic (exact) mass is 324 g/mol. The molecule has 0 aliphatic rings. The number of rotatable bonds is 3. The number of aromatic amines is 1. The zero-order valence-electron chi connectivity index (χ0n) is 11.6. The molecule has 1 aromatic carbocycles. The summed E-state index contributed by atoms with van der Waals surface area (Å²) in [6.45, 7) is 3.79. The smallest absolute Gasteiger partial charge is 0.253 e. The van der Waals surface area contributed by atoms with Gasteiger partial charge in [0.25, 0.3) is 11.5 Å². The summed E-state index contributed by atoms with van der Waals surface area (Å²) in [5.74, 6) is -0.334. The fourth-order valence-corrected chi connectivity index (χ4v) is 2.58. The van der Waals surface area contributed by atoms with Crippen LogP contribution < -0.4 is 10.9 Å². The molecule has 0 spiro atoms. The highest BCUT2D eigenvalue weighted by atomic mass is 35.5. The number of carbonyl (C=O) groups excluding carboxylic acids is 1. The number of pyridine rings is 1. The largest absolute Gasteiger partial charge is 0.348 e. The molecule has 0 bridgehead atoms. The molecule has 0 aliphatic carbocycles.